The van der Waals surface area contributed by atoms with Gasteiger partial charge in [-0.1, -0.05) is 13.3 Å². The lowest BCUT2D eigenvalue weighted by Crippen LogP contribution is -2.48. The Balaban J connectivity index is 1.91. The second kappa shape index (κ2) is 5.22. The molecule has 3 atom stereocenters. The highest BCUT2D eigenvalue weighted by Gasteiger charge is 2.40. The van der Waals surface area contributed by atoms with E-state index in [0.29, 0.717) is 31.5 Å². The number of hydrogen-bond acceptors (Lipinski definition) is 3. The van der Waals surface area contributed by atoms with Crippen LogP contribution in [0.3, 0.4) is 0 Å². The molecule has 1 saturated carbocycles. The Kier molecular flexibility index (Phi) is 4.07. The third-order valence-corrected chi connectivity index (χ3v) is 5.51. The van der Waals surface area contributed by atoms with Crippen LogP contribution in [0.25, 0.3) is 0 Å². The van der Waals surface area contributed by atoms with Gasteiger partial charge in [-0.3, -0.25) is 0 Å². The maximum absolute atomic E-state index is 12.1. The highest BCUT2D eigenvalue weighted by Crippen LogP contribution is 2.34. The lowest BCUT2D eigenvalue weighted by Gasteiger charge is -2.31. The van der Waals surface area contributed by atoms with E-state index in [9.17, 15) is 8.42 Å². The molecular formula is C11H23N3O2S. The molecule has 0 amide bonds. The fourth-order valence-electron chi connectivity index (χ4n) is 2.55. The number of nitrogens with zero attached hydrogens (tertiary/aromatic N) is 1. The zero-order valence-electron chi connectivity index (χ0n) is 10.4. The van der Waals surface area contributed by atoms with Crippen LogP contribution < -0.4 is 10.5 Å². The highest BCUT2D eigenvalue weighted by molar-refractivity contribution is 7.87. The molecule has 2 rings (SSSR count). The topological polar surface area (TPSA) is 75.4 Å². The average molecular weight is 261 g/mol. The summed E-state index contributed by atoms with van der Waals surface area (Å²) in [5.74, 6) is 0.862. The third-order valence-electron chi connectivity index (χ3n) is 3.90. The molecule has 2 aliphatic rings. The Labute approximate surface area is 104 Å². The molecule has 1 aliphatic carbocycles. The Hall–Kier alpha value is -0.170. The van der Waals surface area contributed by atoms with Gasteiger partial charge in [-0.2, -0.15) is 17.4 Å². The minimum Gasteiger partial charge on any atom is -0.330 e. The highest BCUT2D eigenvalue weighted by atomic mass is 32.2. The van der Waals surface area contributed by atoms with Crippen molar-refractivity contribution in [3.8, 4) is 0 Å². The normalized spacial score (nSPS) is 34.8. The largest absolute Gasteiger partial charge is 0.330 e. The lowest BCUT2D eigenvalue weighted by atomic mass is 10.0. The first-order chi connectivity index (χ1) is 8.06. The summed E-state index contributed by atoms with van der Waals surface area (Å²) in [6.07, 6.45) is 4.01. The Morgan fingerprint density at radius 1 is 1.47 bits per heavy atom. The fourth-order valence-corrected chi connectivity index (χ4v) is 4.14. The van der Waals surface area contributed by atoms with E-state index in [0.717, 1.165) is 25.7 Å². The maximum atomic E-state index is 12.1. The predicted molar refractivity (Wildman–Crippen MR) is 67.6 cm³/mol. The van der Waals surface area contributed by atoms with Gasteiger partial charge >= 0.3 is 0 Å². The quantitative estimate of drug-likeness (QED) is 0.747. The number of nitrogens with two attached hydrogens (primary N) is 1. The molecule has 1 saturated heterocycles. The van der Waals surface area contributed by atoms with E-state index in [4.69, 9.17) is 5.73 Å². The summed E-state index contributed by atoms with van der Waals surface area (Å²) in [6, 6.07) is 0.170. The molecule has 0 bridgehead atoms. The first kappa shape index (κ1) is 13.3. The van der Waals surface area contributed by atoms with Crippen LogP contribution in [0.5, 0.6) is 0 Å². The predicted octanol–water partition coefficient (Wildman–Crippen LogP) is 0.290. The Bertz CT molecular complexity index is 358. The standard InChI is InChI=1S/C11H23N3O2S/c1-2-10-6-11(10)13-17(15,16)14-5-3-4-9(7-12)8-14/h9-11,13H,2-8,12H2,1H3. The first-order valence-electron chi connectivity index (χ1n) is 6.54. The molecule has 3 N–H and O–H groups in total. The van der Waals surface area contributed by atoms with E-state index >= 15 is 0 Å². The number of nitrogens with one attached hydrogen (secondary N) is 1. The van der Waals surface area contributed by atoms with Gasteiger partial charge in [0.05, 0.1) is 0 Å². The summed E-state index contributed by atoms with van der Waals surface area (Å²) in [6.45, 7) is 3.89. The summed E-state index contributed by atoms with van der Waals surface area (Å²) in [5.41, 5.74) is 5.62. The van der Waals surface area contributed by atoms with Crippen LogP contribution in [0.4, 0.5) is 0 Å². The summed E-state index contributed by atoms with van der Waals surface area (Å²) >= 11 is 0. The zero-order valence-corrected chi connectivity index (χ0v) is 11.2. The van der Waals surface area contributed by atoms with Gasteiger partial charge in [0.2, 0.25) is 0 Å². The molecule has 0 spiro atoms. The molecule has 2 fully saturated rings. The van der Waals surface area contributed by atoms with Gasteiger partial charge in [0.1, 0.15) is 0 Å². The molecule has 6 heteroatoms. The second-order valence-corrected chi connectivity index (χ2v) is 6.94. The first-order valence-corrected chi connectivity index (χ1v) is 7.98. The van der Waals surface area contributed by atoms with E-state index in [1.165, 1.54) is 0 Å². The van der Waals surface area contributed by atoms with E-state index in [2.05, 4.69) is 11.6 Å². The van der Waals surface area contributed by atoms with Gasteiger partial charge in [0.25, 0.3) is 10.2 Å². The average Bonchev–Trinajstić information content (AvgIpc) is 3.07. The summed E-state index contributed by atoms with van der Waals surface area (Å²) < 4.78 is 28.6. The fraction of sp³-hybridized carbons (Fsp3) is 1.00. The van der Waals surface area contributed by atoms with Crippen molar-refractivity contribution in [2.24, 2.45) is 17.6 Å². The SMILES string of the molecule is CCC1CC1NS(=O)(=O)N1CCCC(CN)C1. The van der Waals surface area contributed by atoms with Crippen molar-refractivity contribution < 1.29 is 8.42 Å². The number of rotatable bonds is 5. The van der Waals surface area contributed by atoms with Gasteiger partial charge in [0.15, 0.2) is 0 Å². The van der Waals surface area contributed by atoms with Crippen LogP contribution in [0.15, 0.2) is 0 Å². The Morgan fingerprint density at radius 2 is 2.24 bits per heavy atom. The van der Waals surface area contributed by atoms with Crippen LogP contribution in [-0.4, -0.2) is 38.4 Å². The Morgan fingerprint density at radius 3 is 2.82 bits per heavy atom. The van der Waals surface area contributed by atoms with Crippen molar-refractivity contribution in [1.29, 1.82) is 0 Å². The van der Waals surface area contributed by atoms with Crippen molar-refractivity contribution in [2.45, 2.75) is 38.6 Å². The van der Waals surface area contributed by atoms with Crippen molar-refractivity contribution >= 4 is 10.2 Å². The van der Waals surface area contributed by atoms with E-state index < -0.39 is 10.2 Å². The lowest BCUT2D eigenvalue weighted by molar-refractivity contribution is 0.268. The molecule has 0 radical (unpaired) electrons. The van der Waals surface area contributed by atoms with Gasteiger partial charge in [-0.25, -0.2) is 0 Å². The van der Waals surface area contributed by atoms with Gasteiger partial charge < -0.3 is 5.73 Å². The van der Waals surface area contributed by atoms with Crippen LogP contribution in [0, 0.1) is 11.8 Å². The van der Waals surface area contributed by atoms with Crippen molar-refractivity contribution in [1.82, 2.24) is 9.03 Å². The summed E-state index contributed by atoms with van der Waals surface area (Å²) in [7, 11) is -3.28. The molecule has 0 aromatic rings. The molecule has 0 aromatic heterocycles. The molecule has 1 heterocycles. The summed E-state index contributed by atoms with van der Waals surface area (Å²) in [4.78, 5) is 0. The molecule has 5 nitrogen and oxygen atoms in total. The minimum atomic E-state index is -3.28. The van der Waals surface area contributed by atoms with Gasteiger partial charge in [-0.05, 0) is 37.6 Å². The molecule has 100 valence electrons. The van der Waals surface area contributed by atoms with Crippen molar-refractivity contribution in [3.05, 3.63) is 0 Å². The monoisotopic (exact) mass is 261 g/mol. The number of piperidine rings is 1. The van der Waals surface area contributed by atoms with E-state index in [-0.39, 0.29) is 6.04 Å². The van der Waals surface area contributed by atoms with Crippen LogP contribution >= 0.6 is 0 Å². The second-order valence-electron chi connectivity index (χ2n) is 5.24. The van der Waals surface area contributed by atoms with E-state index in [1.54, 1.807) is 4.31 Å². The minimum absolute atomic E-state index is 0.170. The number of hydrogen-bond donors (Lipinski definition) is 2. The van der Waals surface area contributed by atoms with Crippen LogP contribution in [0.2, 0.25) is 0 Å². The van der Waals surface area contributed by atoms with Gasteiger partial charge in [-0.15, -0.1) is 0 Å². The molecule has 17 heavy (non-hydrogen) atoms. The van der Waals surface area contributed by atoms with Crippen molar-refractivity contribution in [2.75, 3.05) is 19.6 Å². The zero-order chi connectivity index (χ0) is 12.5. The van der Waals surface area contributed by atoms with Crippen LogP contribution in [0.1, 0.15) is 32.6 Å². The van der Waals surface area contributed by atoms with Crippen molar-refractivity contribution in [3.63, 3.8) is 0 Å². The molecular weight excluding hydrogens is 238 g/mol. The summed E-state index contributed by atoms with van der Waals surface area (Å²) in [5, 5.41) is 0. The molecule has 3 unspecified atom stereocenters. The van der Waals surface area contributed by atoms with Crippen LogP contribution in [-0.2, 0) is 10.2 Å². The smallest absolute Gasteiger partial charge is 0.279 e. The maximum Gasteiger partial charge on any atom is 0.279 e. The molecule has 1 aliphatic heterocycles. The van der Waals surface area contributed by atoms with Gasteiger partial charge in [0, 0.05) is 19.1 Å². The van der Waals surface area contributed by atoms with E-state index in [1.807, 2.05) is 0 Å². The molecule has 0 aromatic carbocycles. The third kappa shape index (κ3) is 3.19.